The molecule has 0 bridgehead atoms. The minimum Gasteiger partial charge on any atom is -0.336 e. The first-order chi connectivity index (χ1) is 10.9. The third-order valence-corrected chi connectivity index (χ3v) is 6.36. The number of aromatic nitrogens is 1. The topological polar surface area (TPSA) is 50.3 Å². The number of carbonyl (C=O) groups is 1. The van der Waals surface area contributed by atoms with Gasteiger partial charge < -0.3 is 4.90 Å². The van der Waals surface area contributed by atoms with Gasteiger partial charge in [0.2, 0.25) is 0 Å². The van der Waals surface area contributed by atoms with Gasteiger partial charge in [-0.25, -0.2) is 0 Å². The zero-order valence-electron chi connectivity index (χ0n) is 14.0. The van der Waals surface area contributed by atoms with Crippen molar-refractivity contribution < 1.29 is 9.00 Å². The Hall–Kier alpha value is -1.75. The van der Waals surface area contributed by atoms with E-state index in [1.807, 2.05) is 44.7 Å². The van der Waals surface area contributed by atoms with Crippen molar-refractivity contribution >= 4 is 27.6 Å². The predicted molar refractivity (Wildman–Crippen MR) is 94.2 cm³/mol. The average molecular weight is 330 g/mol. The third-order valence-electron chi connectivity index (χ3n) is 4.47. The van der Waals surface area contributed by atoms with Gasteiger partial charge in [0.25, 0.3) is 5.91 Å². The molecular formula is C18H22N2O2S. The van der Waals surface area contributed by atoms with Crippen LogP contribution in [0.5, 0.6) is 0 Å². The Morgan fingerprint density at radius 1 is 1.22 bits per heavy atom. The van der Waals surface area contributed by atoms with E-state index in [9.17, 15) is 9.00 Å². The summed E-state index contributed by atoms with van der Waals surface area (Å²) in [6.45, 7) is 9.00. The van der Waals surface area contributed by atoms with E-state index in [0.29, 0.717) is 18.7 Å². The number of nitrogens with zero attached hydrogens (tertiary/aromatic N) is 2. The van der Waals surface area contributed by atoms with E-state index in [2.05, 4.69) is 11.1 Å². The molecule has 1 unspecified atom stereocenters. The summed E-state index contributed by atoms with van der Waals surface area (Å²) in [7, 11) is -0.868. The van der Waals surface area contributed by atoms with Gasteiger partial charge in [0.15, 0.2) is 0 Å². The Kier molecular flexibility index (Phi) is 4.23. The molecule has 1 saturated heterocycles. The summed E-state index contributed by atoms with van der Waals surface area (Å²) in [4.78, 5) is 19.3. The highest BCUT2D eigenvalue weighted by atomic mass is 32.2. The number of hydrogen-bond donors (Lipinski definition) is 0. The third kappa shape index (κ3) is 2.90. The molecule has 1 amide bonds. The fourth-order valence-corrected chi connectivity index (χ4v) is 4.72. The van der Waals surface area contributed by atoms with Crippen LogP contribution < -0.4 is 0 Å². The average Bonchev–Trinajstić information content (AvgIpc) is 2.51. The molecule has 3 rings (SSSR count). The number of rotatable bonds is 1. The summed E-state index contributed by atoms with van der Waals surface area (Å²) in [6.07, 6.45) is 1.75. The number of pyridine rings is 1. The maximum atomic E-state index is 13.1. The molecule has 23 heavy (non-hydrogen) atoms. The minimum absolute atomic E-state index is 0.00722. The second-order valence-corrected chi connectivity index (χ2v) is 8.76. The number of carbonyl (C=O) groups excluding carboxylic acids is 1. The van der Waals surface area contributed by atoms with Crippen molar-refractivity contribution in [1.82, 2.24) is 9.88 Å². The molecule has 0 spiro atoms. The molecule has 2 aromatic rings. The zero-order chi connectivity index (χ0) is 16.7. The van der Waals surface area contributed by atoms with Gasteiger partial charge in [-0.3, -0.25) is 14.0 Å². The predicted octanol–water partition coefficient (Wildman–Crippen LogP) is 2.83. The first-order valence-electron chi connectivity index (χ1n) is 7.93. The maximum Gasteiger partial charge on any atom is 0.256 e. The fraction of sp³-hybridized carbons (Fsp3) is 0.444. The first kappa shape index (κ1) is 16.1. The van der Waals surface area contributed by atoms with Gasteiger partial charge in [-0.15, -0.1) is 0 Å². The normalized spacial score (nSPS) is 24.9. The lowest BCUT2D eigenvalue weighted by atomic mass is 10.0. The molecule has 1 fully saturated rings. The Morgan fingerprint density at radius 2 is 1.87 bits per heavy atom. The highest BCUT2D eigenvalue weighted by Crippen LogP contribution is 2.25. The van der Waals surface area contributed by atoms with Crippen molar-refractivity contribution in [2.75, 3.05) is 13.1 Å². The Bertz CT molecular complexity index is 789. The highest BCUT2D eigenvalue weighted by Gasteiger charge is 2.32. The van der Waals surface area contributed by atoms with Gasteiger partial charge in [0.1, 0.15) is 0 Å². The second kappa shape index (κ2) is 6.04. The molecule has 0 N–H and O–H groups in total. The zero-order valence-corrected chi connectivity index (χ0v) is 14.8. The Morgan fingerprint density at radius 3 is 2.52 bits per heavy atom. The van der Waals surface area contributed by atoms with Crippen LogP contribution in [0.4, 0.5) is 0 Å². The summed E-state index contributed by atoms with van der Waals surface area (Å²) < 4.78 is 12.1. The van der Waals surface area contributed by atoms with E-state index in [-0.39, 0.29) is 16.4 Å². The Balaban J connectivity index is 2.05. The SMILES string of the molecule is Cc1cc(C(=O)N2C[C@@H](C)S(=O)[C@@H](C)C2)c2nccc(C)c2c1. The van der Waals surface area contributed by atoms with Crippen LogP contribution in [0.15, 0.2) is 24.4 Å². The monoisotopic (exact) mass is 330 g/mol. The Labute approximate surface area is 139 Å². The van der Waals surface area contributed by atoms with Crippen molar-refractivity contribution in [1.29, 1.82) is 0 Å². The standard InChI is InChI=1S/C18H22N2O2S/c1-11-7-15-12(2)5-6-19-17(15)16(8-11)18(21)20-9-13(3)23(22)14(4)10-20/h5-8,13-14H,9-10H2,1-4H3/t13-,14+,23?. The van der Waals surface area contributed by atoms with Crippen LogP contribution in [-0.2, 0) is 10.8 Å². The first-order valence-corrected chi connectivity index (χ1v) is 9.20. The lowest BCUT2D eigenvalue weighted by Crippen LogP contribution is -2.49. The van der Waals surface area contributed by atoms with E-state index in [1.54, 1.807) is 6.20 Å². The summed E-state index contributed by atoms with van der Waals surface area (Å²) in [6, 6.07) is 5.95. The summed E-state index contributed by atoms with van der Waals surface area (Å²) in [5, 5.41) is 1.04. The van der Waals surface area contributed by atoms with Gasteiger partial charge in [0.05, 0.1) is 11.1 Å². The van der Waals surface area contributed by atoms with Crippen LogP contribution in [0.2, 0.25) is 0 Å². The van der Waals surface area contributed by atoms with Gasteiger partial charge >= 0.3 is 0 Å². The van der Waals surface area contributed by atoms with Crippen molar-refractivity contribution in [3.05, 3.63) is 41.1 Å². The van der Waals surface area contributed by atoms with Crippen LogP contribution in [0, 0.1) is 13.8 Å². The van der Waals surface area contributed by atoms with Gasteiger partial charge in [0, 0.05) is 46.0 Å². The summed E-state index contributed by atoms with van der Waals surface area (Å²) >= 11 is 0. The molecule has 1 aromatic heterocycles. The molecule has 0 saturated carbocycles. The molecule has 1 aromatic carbocycles. The molecule has 1 aliphatic rings. The number of fused-ring (bicyclic) bond motifs is 1. The van der Waals surface area contributed by atoms with E-state index >= 15 is 0 Å². The van der Waals surface area contributed by atoms with E-state index in [4.69, 9.17) is 0 Å². The molecule has 4 nitrogen and oxygen atoms in total. The molecule has 122 valence electrons. The van der Waals surface area contributed by atoms with Crippen molar-refractivity contribution in [3.63, 3.8) is 0 Å². The largest absolute Gasteiger partial charge is 0.336 e. The van der Waals surface area contributed by atoms with Crippen molar-refractivity contribution in [2.45, 2.75) is 38.2 Å². The summed E-state index contributed by atoms with van der Waals surface area (Å²) in [5.41, 5.74) is 3.58. The van der Waals surface area contributed by atoms with Crippen LogP contribution in [0.25, 0.3) is 10.9 Å². The van der Waals surface area contributed by atoms with E-state index < -0.39 is 10.8 Å². The summed E-state index contributed by atoms with van der Waals surface area (Å²) in [5.74, 6) is -0.00722. The smallest absolute Gasteiger partial charge is 0.256 e. The molecule has 5 heteroatoms. The molecule has 2 heterocycles. The molecule has 1 aliphatic heterocycles. The lowest BCUT2D eigenvalue weighted by Gasteiger charge is -2.34. The lowest BCUT2D eigenvalue weighted by molar-refractivity contribution is 0.0753. The van der Waals surface area contributed by atoms with Gasteiger partial charge in [-0.05, 0) is 57.0 Å². The molecule has 0 aliphatic carbocycles. The number of aryl methyl sites for hydroxylation is 2. The fourth-order valence-electron chi connectivity index (χ4n) is 3.27. The minimum atomic E-state index is -0.868. The van der Waals surface area contributed by atoms with Gasteiger partial charge in [-0.1, -0.05) is 0 Å². The van der Waals surface area contributed by atoms with Crippen molar-refractivity contribution in [3.8, 4) is 0 Å². The quantitative estimate of drug-likeness (QED) is 0.808. The number of hydrogen-bond acceptors (Lipinski definition) is 3. The highest BCUT2D eigenvalue weighted by molar-refractivity contribution is 7.86. The van der Waals surface area contributed by atoms with Crippen LogP contribution in [0.1, 0.15) is 35.3 Å². The van der Waals surface area contributed by atoms with Crippen molar-refractivity contribution in [2.24, 2.45) is 0 Å². The number of benzene rings is 1. The van der Waals surface area contributed by atoms with Crippen LogP contribution in [0.3, 0.4) is 0 Å². The molecule has 0 radical (unpaired) electrons. The van der Waals surface area contributed by atoms with E-state index in [0.717, 1.165) is 22.0 Å². The van der Waals surface area contributed by atoms with Gasteiger partial charge in [-0.2, -0.15) is 0 Å². The molecule has 3 atom stereocenters. The second-order valence-electron chi connectivity index (χ2n) is 6.50. The van der Waals surface area contributed by atoms with Crippen LogP contribution >= 0.6 is 0 Å². The molecular weight excluding hydrogens is 308 g/mol. The maximum absolute atomic E-state index is 13.1. The number of amides is 1. The van der Waals surface area contributed by atoms with Crippen LogP contribution in [-0.4, -0.2) is 43.6 Å². The van der Waals surface area contributed by atoms with E-state index in [1.165, 1.54) is 0 Å².